The van der Waals surface area contributed by atoms with E-state index >= 15 is 0 Å². The molecule has 0 radical (unpaired) electrons. The van der Waals surface area contributed by atoms with E-state index in [2.05, 4.69) is 17.2 Å². The van der Waals surface area contributed by atoms with Crippen LogP contribution in [0.15, 0.2) is 10.9 Å². The third-order valence-electron chi connectivity index (χ3n) is 2.13. The Morgan fingerprint density at radius 2 is 2.50 bits per heavy atom. The lowest BCUT2D eigenvalue weighted by Gasteiger charge is -2.20. The summed E-state index contributed by atoms with van der Waals surface area (Å²) in [7, 11) is 0. The quantitative estimate of drug-likeness (QED) is 0.777. The minimum Gasteiger partial charge on any atom is -0.395 e. The molecule has 2 N–H and O–H groups in total. The number of thiazole rings is 1. The molecule has 0 fully saturated rings. The Hall–Kier alpha value is -0.100. The van der Waals surface area contributed by atoms with E-state index in [0.29, 0.717) is 6.04 Å². The van der Waals surface area contributed by atoms with Gasteiger partial charge in [0.2, 0.25) is 0 Å². The van der Waals surface area contributed by atoms with Crippen molar-refractivity contribution in [3.63, 3.8) is 0 Å². The highest BCUT2D eigenvalue weighted by Crippen LogP contribution is 2.11. The minimum absolute atomic E-state index is 0.215. The van der Waals surface area contributed by atoms with Crippen LogP contribution in [-0.2, 0) is 6.54 Å². The lowest BCUT2D eigenvalue weighted by Crippen LogP contribution is -2.37. The van der Waals surface area contributed by atoms with Crippen LogP contribution in [0.2, 0.25) is 0 Å². The van der Waals surface area contributed by atoms with Gasteiger partial charge in [0, 0.05) is 23.2 Å². The average Bonchev–Trinajstić information content (AvgIpc) is 2.69. The Kier molecular flexibility index (Phi) is 5.47. The van der Waals surface area contributed by atoms with Crippen LogP contribution in [-0.4, -0.2) is 34.2 Å². The zero-order valence-electron chi connectivity index (χ0n) is 8.43. The van der Waals surface area contributed by atoms with Gasteiger partial charge in [-0.15, -0.1) is 11.3 Å². The van der Waals surface area contributed by atoms with Crippen molar-refractivity contribution in [3.8, 4) is 0 Å². The van der Waals surface area contributed by atoms with E-state index in [4.69, 9.17) is 5.11 Å². The highest BCUT2D eigenvalue weighted by molar-refractivity contribution is 7.99. The number of aromatic nitrogens is 1. The maximum absolute atomic E-state index is 9.08. The van der Waals surface area contributed by atoms with Crippen molar-refractivity contribution in [2.75, 3.05) is 12.9 Å². The third kappa shape index (κ3) is 3.57. The maximum atomic E-state index is 9.08. The highest BCUT2D eigenvalue weighted by atomic mass is 32.2. The van der Waals surface area contributed by atoms with Crippen LogP contribution in [0.5, 0.6) is 0 Å². The Balaban J connectivity index is 2.30. The molecule has 0 amide bonds. The first-order chi connectivity index (χ1) is 6.77. The second-order valence-corrected chi connectivity index (χ2v) is 4.90. The molecule has 2 atom stereocenters. The molecule has 1 rings (SSSR count). The number of nitrogens with zero attached hydrogens (tertiary/aromatic N) is 1. The summed E-state index contributed by atoms with van der Waals surface area (Å²) in [6.45, 7) is 3.08. The summed E-state index contributed by atoms with van der Waals surface area (Å²) in [4.78, 5) is 4.19. The molecule has 14 heavy (non-hydrogen) atoms. The van der Waals surface area contributed by atoms with Gasteiger partial charge in [-0.2, -0.15) is 11.8 Å². The molecular formula is C9H16N2OS2. The number of hydrogen-bond acceptors (Lipinski definition) is 5. The van der Waals surface area contributed by atoms with Gasteiger partial charge >= 0.3 is 0 Å². The van der Waals surface area contributed by atoms with Gasteiger partial charge in [-0.1, -0.05) is 0 Å². The SMILES string of the molecule is CSC(CO)C(C)NCc1cscn1. The van der Waals surface area contributed by atoms with Gasteiger partial charge in [-0.25, -0.2) is 4.98 Å². The summed E-state index contributed by atoms with van der Waals surface area (Å²) < 4.78 is 0. The lowest BCUT2D eigenvalue weighted by molar-refractivity contribution is 0.275. The first-order valence-electron chi connectivity index (χ1n) is 4.52. The van der Waals surface area contributed by atoms with E-state index in [9.17, 15) is 0 Å². The van der Waals surface area contributed by atoms with E-state index in [1.54, 1.807) is 23.1 Å². The molecule has 0 aliphatic rings. The van der Waals surface area contributed by atoms with Gasteiger partial charge in [0.1, 0.15) is 0 Å². The predicted octanol–water partition coefficient (Wildman–Crippen LogP) is 1.35. The molecule has 2 unspecified atom stereocenters. The van der Waals surface area contributed by atoms with Crippen molar-refractivity contribution in [2.45, 2.75) is 24.8 Å². The molecule has 0 spiro atoms. The fraction of sp³-hybridized carbons (Fsp3) is 0.667. The first-order valence-corrected chi connectivity index (χ1v) is 6.75. The van der Waals surface area contributed by atoms with Gasteiger partial charge in [0.05, 0.1) is 17.8 Å². The summed E-state index contributed by atoms with van der Waals surface area (Å²) >= 11 is 3.29. The maximum Gasteiger partial charge on any atom is 0.0795 e. The molecule has 3 nitrogen and oxygen atoms in total. The third-order valence-corrected chi connectivity index (χ3v) is 3.93. The smallest absolute Gasteiger partial charge is 0.0795 e. The fourth-order valence-corrected chi connectivity index (χ4v) is 2.37. The molecular weight excluding hydrogens is 216 g/mol. The second kappa shape index (κ2) is 6.40. The van der Waals surface area contributed by atoms with E-state index in [1.165, 1.54) is 0 Å². The van der Waals surface area contributed by atoms with E-state index < -0.39 is 0 Å². The second-order valence-electron chi connectivity index (χ2n) is 3.11. The Bertz CT molecular complexity index is 237. The van der Waals surface area contributed by atoms with Crippen molar-refractivity contribution in [1.82, 2.24) is 10.3 Å². The molecule has 1 heterocycles. The molecule has 0 aromatic carbocycles. The predicted molar refractivity (Wildman–Crippen MR) is 62.8 cm³/mol. The Labute approximate surface area is 92.9 Å². The van der Waals surface area contributed by atoms with Crippen molar-refractivity contribution in [2.24, 2.45) is 0 Å². The molecule has 80 valence electrons. The van der Waals surface area contributed by atoms with Crippen molar-refractivity contribution < 1.29 is 5.11 Å². The van der Waals surface area contributed by atoms with Crippen LogP contribution in [0, 0.1) is 0 Å². The van der Waals surface area contributed by atoms with E-state index in [0.717, 1.165) is 12.2 Å². The van der Waals surface area contributed by atoms with Gasteiger partial charge in [-0.3, -0.25) is 0 Å². The Morgan fingerprint density at radius 1 is 1.71 bits per heavy atom. The number of thioether (sulfide) groups is 1. The molecule has 1 aromatic rings. The van der Waals surface area contributed by atoms with Crippen molar-refractivity contribution in [3.05, 3.63) is 16.6 Å². The number of aliphatic hydroxyl groups excluding tert-OH is 1. The topological polar surface area (TPSA) is 45.1 Å². The van der Waals surface area contributed by atoms with Crippen LogP contribution in [0.25, 0.3) is 0 Å². The molecule has 1 aromatic heterocycles. The average molecular weight is 232 g/mol. The largest absolute Gasteiger partial charge is 0.395 e. The highest BCUT2D eigenvalue weighted by Gasteiger charge is 2.14. The number of aliphatic hydroxyl groups is 1. The summed E-state index contributed by atoms with van der Waals surface area (Å²) in [5.74, 6) is 0. The summed E-state index contributed by atoms with van der Waals surface area (Å²) in [5.41, 5.74) is 2.90. The molecule has 0 aliphatic heterocycles. The number of hydrogen-bond donors (Lipinski definition) is 2. The molecule has 5 heteroatoms. The molecule has 0 bridgehead atoms. The molecule has 0 saturated heterocycles. The standard InChI is InChI=1S/C9H16N2OS2/c1-7(9(4-12)13-2)10-3-8-5-14-6-11-8/h5-7,9-10,12H,3-4H2,1-2H3. The van der Waals surface area contributed by atoms with Crippen LogP contribution < -0.4 is 5.32 Å². The summed E-state index contributed by atoms with van der Waals surface area (Å²) in [6.07, 6.45) is 2.02. The van der Waals surface area contributed by atoms with Gasteiger partial charge in [-0.05, 0) is 13.2 Å². The zero-order valence-corrected chi connectivity index (χ0v) is 10.1. The normalized spacial score (nSPS) is 15.4. The van der Waals surface area contributed by atoms with Crippen LogP contribution in [0.4, 0.5) is 0 Å². The number of nitrogens with one attached hydrogen (secondary N) is 1. The monoisotopic (exact) mass is 232 g/mol. The zero-order chi connectivity index (χ0) is 10.4. The first kappa shape index (κ1) is 12.0. The minimum atomic E-state index is 0.215. The number of rotatable bonds is 6. The van der Waals surface area contributed by atoms with E-state index in [-0.39, 0.29) is 11.9 Å². The van der Waals surface area contributed by atoms with Gasteiger partial charge in [0.15, 0.2) is 0 Å². The van der Waals surface area contributed by atoms with Crippen molar-refractivity contribution >= 4 is 23.1 Å². The van der Waals surface area contributed by atoms with Crippen LogP contribution in [0.1, 0.15) is 12.6 Å². The van der Waals surface area contributed by atoms with Gasteiger partial charge < -0.3 is 10.4 Å². The van der Waals surface area contributed by atoms with E-state index in [1.807, 2.05) is 17.1 Å². The lowest BCUT2D eigenvalue weighted by atomic mass is 10.2. The molecule has 0 saturated carbocycles. The Morgan fingerprint density at radius 3 is 3.00 bits per heavy atom. The fourth-order valence-electron chi connectivity index (χ4n) is 1.16. The van der Waals surface area contributed by atoms with Crippen LogP contribution in [0.3, 0.4) is 0 Å². The molecule has 0 aliphatic carbocycles. The summed E-state index contributed by atoms with van der Waals surface area (Å²) in [5, 5.41) is 14.7. The summed E-state index contributed by atoms with van der Waals surface area (Å²) in [6, 6.07) is 0.302. The van der Waals surface area contributed by atoms with Crippen LogP contribution >= 0.6 is 23.1 Å². The van der Waals surface area contributed by atoms with Crippen molar-refractivity contribution in [1.29, 1.82) is 0 Å². The van der Waals surface area contributed by atoms with Gasteiger partial charge in [0.25, 0.3) is 0 Å².